The quantitative estimate of drug-likeness (QED) is 0.634. The molecule has 0 spiro atoms. The highest BCUT2D eigenvalue weighted by atomic mass is 14.2. The molecule has 0 nitrogen and oxygen atoms in total. The summed E-state index contributed by atoms with van der Waals surface area (Å²) >= 11 is 0. The zero-order chi connectivity index (χ0) is 9.26. The SMILES string of the molecule is CCC[C]1C=C(C)c2ccccc21. The number of allylic oxidation sites excluding steroid dienone is 2. The van der Waals surface area contributed by atoms with Gasteiger partial charge in [0.25, 0.3) is 0 Å². The fourth-order valence-electron chi connectivity index (χ4n) is 2.00. The van der Waals surface area contributed by atoms with E-state index >= 15 is 0 Å². The molecule has 2 rings (SSSR count). The van der Waals surface area contributed by atoms with Gasteiger partial charge in [0.05, 0.1) is 0 Å². The van der Waals surface area contributed by atoms with Crippen molar-refractivity contribution < 1.29 is 0 Å². The normalized spacial score (nSPS) is 15.7. The highest BCUT2D eigenvalue weighted by molar-refractivity contribution is 5.77. The molecule has 0 aliphatic heterocycles. The van der Waals surface area contributed by atoms with Crippen molar-refractivity contribution in [2.75, 3.05) is 0 Å². The summed E-state index contributed by atoms with van der Waals surface area (Å²) in [7, 11) is 0. The minimum Gasteiger partial charge on any atom is -0.0692 e. The highest BCUT2D eigenvalue weighted by Gasteiger charge is 2.19. The van der Waals surface area contributed by atoms with Crippen molar-refractivity contribution in [1.82, 2.24) is 0 Å². The Balaban J connectivity index is 2.38. The maximum atomic E-state index is 2.33. The lowest BCUT2D eigenvalue weighted by Gasteiger charge is -2.07. The summed E-state index contributed by atoms with van der Waals surface area (Å²) in [5, 5.41) is 0. The summed E-state index contributed by atoms with van der Waals surface area (Å²) in [4.78, 5) is 0. The first kappa shape index (κ1) is 8.55. The van der Waals surface area contributed by atoms with Gasteiger partial charge in [-0.05, 0) is 30.0 Å². The molecule has 67 valence electrons. The molecule has 1 aromatic carbocycles. The van der Waals surface area contributed by atoms with E-state index in [1.165, 1.54) is 35.5 Å². The molecular weight excluding hydrogens is 156 g/mol. The Morgan fingerprint density at radius 1 is 1.08 bits per heavy atom. The molecule has 0 bridgehead atoms. The first-order valence-electron chi connectivity index (χ1n) is 4.97. The summed E-state index contributed by atoms with van der Waals surface area (Å²) in [5.41, 5.74) is 4.28. The van der Waals surface area contributed by atoms with Gasteiger partial charge in [0, 0.05) is 5.92 Å². The lowest BCUT2D eigenvalue weighted by atomic mass is 9.96. The number of hydrogen-bond acceptors (Lipinski definition) is 0. The highest BCUT2D eigenvalue weighted by Crippen LogP contribution is 2.36. The summed E-state index contributed by atoms with van der Waals surface area (Å²) in [6.07, 6.45) is 4.76. The van der Waals surface area contributed by atoms with Gasteiger partial charge < -0.3 is 0 Å². The van der Waals surface area contributed by atoms with Gasteiger partial charge in [0.1, 0.15) is 0 Å². The Labute approximate surface area is 80.3 Å². The molecule has 0 unspecified atom stereocenters. The Kier molecular flexibility index (Phi) is 2.22. The smallest absolute Gasteiger partial charge is 0.0276 e. The van der Waals surface area contributed by atoms with E-state index < -0.39 is 0 Å². The van der Waals surface area contributed by atoms with Crippen LogP contribution >= 0.6 is 0 Å². The van der Waals surface area contributed by atoms with E-state index in [2.05, 4.69) is 44.2 Å². The summed E-state index contributed by atoms with van der Waals surface area (Å²) in [6.45, 7) is 4.43. The van der Waals surface area contributed by atoms with Gasteiger partial charge in [-0.1, -0.05) is 43.7 Å². The van der Waals surface area contributed by atoms with Crippen molar-refractivity contribution in [3.63, 3.8) is 0 Å². The lowest BCUT2D eigenvalue weighted by molar-refractivity contribution is 0.866. The lowest BCUT2D eigenvalue weighted by Crippen LogP contribution is -1.92. The van der Waals surface area contributed by atoms with E-state index in [1.807, 2.05) is 0 Å². The van der Waals surface area contributed by atoms with Gasteiger partial charge in [-0.3, -0.25) is 0 Å². The van der Waals surface area contributed by atoms with Crippen molar-refractivity contribution in [2.24, 2.45) is 0 Å². The molecule has 0 heterocycles. The maximum absolute atomic E-state index is 2.33. The monoisotopic (exact) mass is 171 g/mol. The zero-order valence-electron chi connectivity index (χ0n) is 8.30. The molecule has 0 saturated carbocycles. The Bertz CT molecular complexity index is 334. The van der Waals surface area contributed by atoms with Gasteiger partial charge in [-0.2, -0.15) is 0 Å². The van der Waals surface area contributed by atoms with E-state index in [0.717, 1.165) is 0 Å². The fourth-order valence-corrected chi connectivity index (χ4v) is 2.00. The first-order chi connectivity index (χ1) is 6.33. The van der Waals surface area contributed by atoms with Crippen molar-refractivity contribution in [1.29, 1.82) is 0 Å². The molecule has 0 amide bonds. The molecule has 13 heavy (non-hydrogen) atoms. The molecule has 1 aromatic rings. The summed E-state index contributed by atoms with van der Waals surface area (Å²) in [6, 6.07) is 8.68. The van der Waals surface area contributed by atoms with Crippen LogP contribution in [-0.2, 0) is 0 Å². The van der Waals surface area contributed by atoms with Crippen LogP contribution in [0.3, 0.4) is 0 Å². The van der Waals surface area contributed by atoms with E-state index in [1.54, 1.807) is 0 Å². The number of benzene rings is 1. The molecular formula is C13H15. The van der Waals surface area contributed by atoms with Crippen molar-refractivity contribution in [2.45, 2.75) is 26.7 Å². The average Bonchev–Trinajstić information content (AvgIpc) is 2.46. The predicted octanol–water partition coefficient (Wildman–Crippen LogP) is 3.83. The first-order valence-corrected chi connectivity index (χ1v) is 4.97. The van der Waals surface area contributed by atoms with Crippen LogP contribution in [0.15, 0.2) is 30.3 Å². The third-order valence-electron chi connectivity index (χ3n) is 2.61. The summed E-state index contributed by atoms with van der Waals surface area (Å²) < 4.78 is 0. The molecule has 1 radical (unpaired) electrons. The summed E-state index contributed by atoms with van der Waals surface area (Å²) in [5.74, 6) is 1.51. The van der Waals surface area contributed by atoms with Gasteiger partial charge in [-0.15, -0.1) is 0 Å². The van der Waals surface area contributed by atoms with Gasteiger partial charge in [0.15, 0.2) is 0 Å². The second kappa shape index (κ2) is 3.37. The van der Waals surface area contributed by atoms with Crippen LogP contribution in [0.2, 0.25) is 0 Å². The fraction of sp³-hybridized carbons (Fsp3) is 0.308. The zero-order valence-corrected chi connectivity index (χ0v) is 8.30. The van der Waals surface area contributed by atoms with Gasteiger partial charge >= 0.3 is 0 Å². The number of rotatable bonds is 2. The van der Waals surface area contributed by atoms with E-state index in [0.29, 0.717) is 0 Å². The van der Waals surface area contributed by atoms with Crippen LogP contribution in [0.5, 0.6) is 0 Å². The standard InChI is InChI=1S/C13H15/c1-3-6-11-9-10(2)12-7-4-5-8-13(11)12/h4-5,7-9H,3,6H2,1-2H3. The second-order valence-electron chi connectivity index (χ2n) is 3.65. The van der Waals surface area contributed by atoms with Crippen LogP contribution in [-0.4, -0.2) is 0 Å². The van der Waals surface area contributed by atoms with E-state index in [4.69, 9.17) is 0 Å². The van der Waals surface area contributed by atoms with E-state index in [-0.39, 0.29) is 0 Å². The minimum absolute atomic E-state index is 1.20. The molecule has 0 saturated heterocycles. The molecule has 0 atom stereocenters. The maximum Gasteiger partial charge on any atom is 0.0276 e. The molecule has 0 N–H and O–H groups in total. The van der Waals surface area contributed by atoms with Crippen molar-refractivity contribution in [3.8, 4) is 0 Å². The van der Waals surface area contributed by atoms with Gasteiger partial charge in [-0.25, -0.2) is 0 Å². The number of fused-ring (bicyclic) bond motifs is 1. The van der Waals surface area contributed by atoms with Crippen molar-refractivity contribution >= 4 is 5.57 Å². The van der Waals surface area contributed by atoms with E-state index in [9.17, 15) is 0 Å². The minimum atomic E-state index is 1.20. The predicted molar refractivity (Wildman–Crippen MR) is 57.3 cm³/mol. The molecule has 1 aliphatic carbocycles. The largest absolute Gasteiger partial charge is 0.0692 e. The van der Waals surface area contributed by atoms with Crippen LogP contribution in [0.1, 0.15) is 37.8 Å². The Hall–Kier alpha value is -1.04. The average molecular weight is 171 g/mol. The van der Waals surface area contributed by atoms with Crippen LogP contribution in [0, 0.1) is 5.92 Å². The topological polar surface area (TPSA) is 0 Å². The third kappa shape index (κ3) is 1.41. The van der Waals surface area contributed by atoms with Crippen LogP contribution in [0.25, 0.3) is 5.57 Å². The molecule has 0 aromatic heterocycles. The van der Waals surface area contributed by atoms with Gasteiger partial charge in [0.2, 0.25) is 0 Å². The molecule has 0 fully saturated rings. The van der Waals surface area contributed by atoms with Crippen LogP contribution < -0.4 is 0 Å². The Morgan fingerprint density at radius 3 is 2.46 bits per heavy atom. The van der Waals surface area contributed by atoms with Crippen LogP contribution in [0.4, 0.5) is 0 Å². The Morgan fingerprint density at radius 2 is 1.77 bits per heavy atom. The van der Waals surface area contributed by atoms with Crippen molar-refractivity contribution in [3.05, 3.63) is 47.4 Å². The molecule has 0 heteroatoms. The molecule has 1 aliphatic rings. The third-order valence-corrected chi connectivity index (χ3v) is 2.61. The number of hydrogen-bond donors (Lipinski definition) is 0. The second-order valence-corrected chi connectivity index (χ2v) is 3.65.